The zero-order chi connectivity index (χ0) is 23.5. The molecule has 2 heterocycles. The number of nitrogens with zero attached hydrogens (tertiary/aromatic N) is 3. The number of guanidine groups is 1. The first-order valence-corrected chi connectivity index (χ1v) is 11.9. The van der Waals surface area contributed by atoms with Crippen molar-refractivity contribution in [2.45, 2.75) is 19.4 Å². The van der Waals surface area contributed by atoms with Crippen LogP contribution in [0.4, 0.5) is 10.8 Å². The van der Waals surface area contributed by atoms with E-state index in [1.165, 1.54) is 4.70 Å². The van der Waals surface area contributed by atoms with Crippen LogP contribution in [0.15, 0.2) is 83.9 Å². The summed E-state index contributed by atoms with van der Waals surface area (Å²) >= 11 is 1.65. The van der Waals surface area contributed by atoms with Crippen LogP contribution in [-0.2, 0) is 11.2 Å². The number of fused-ring (bicyclic) bond motifs is 1. The molecule has 1 aliphatic rings. The number of hydrogen-bond acceptors (Lipinski definition) is 7. The second-order valence-electron chi connectivity index (χ2n) is 7.96. The van der Waals surface area contributed by atoms with Crippen LogP contribution < -0.4 is 10.6 Å². The van der Waals surface area contributed by atoms with Crippen molar-refractivity contribution in [3.8, 4) is 0 Å². The Morgan fingerprint density at radius 3 is 2.50 bits per heavy atom. The summed E-state index contributed by atoms with van der Waals surface area (Å²) in [6.07, 6.45) is 0.839. The van der Waals surface area contributed by atoms with Gasteiger partial charge in [-0.2, -0.15) is 0 Å². The molecule has 0 radical (unpaired) electrons. The topological polar surface area (TPSA) is 86.7 Å². The van der Waals surface area contributed by atoms with Gasteiger partial charge in [0.25, 0.3) is 11.8 Å². The monoisotopic (exact) mass is 469 g/mol. The molecule has 4 aromatic rings. The number of hydrogen-bond donors (Lipinski definition) is 2. The third-order valence-corrected chi connectivity index (χ3v) is 6.52. The number of benzene rings is 3. The summed E-state index contributed by atoms with van der Waals surface area (Å²) in [5, 5.41) is 7.44. The van der Waals surface area contributed by atoms with Gasteiger partial charge >= 0.3 is 0 Å². The van der Waals surface area contributed by atoms with E-state index in [0.29, 0.717) is 5.56 Å². The van der Waals surface area contributed by atoms with Crippen LogP contribution in [-0.4, -0.2) is 40.2 Å². The molecule has 8 heteroatoms. The minimum Gasteiger partial charge on any atom is -0.361 e. The molecule has 0 saturated carbocycles. The number of carbonyl (C=O) groups excluding carboxylic acids is 2. The van der Waals surface area contributed by atoms with Crippen molar-refractivity contribution in [3.63, 3.8) is 0 Å². The molecule has 3 aromatic carbocycles. The number of amides is 2. The van der Waals surface area contributed by atoms with Gasteiger partial charge < -0.3 is 10.6 Å². The fourth-order valence-corrected chi connectivity index (χ4v) is 4.62. The highest BCUT2D eigenvalue weighted by atomic mass is 32.1. The maximum atomic E-state index is 12.9. The highest BCUT2D eigenvalue weighted by molar-refractivity contribution is 7.22. The fraction of sp³-hybridized carbons (Fsp3) is 0.154. The molecule has 0 unspecified atom stereocenters. The number of para-hydroxylation sites is 1. The molecular formula is C26H23N5O2S. The molecule has 2 amide bonds. The lowest BCUT2D eigenvalue weighted by molar-refractivity contribution is -0.125. The van der Waals surface area contributed by atoms with Gasteiger partial charge in [-0.05, 0) is 55.3 Å². The van der Waals surface area contributed by atoms with Crippen LogP contribution in [0, 0.1) is 0 Å². The van der Waals surface area contributed by atoms with Crippen molar-refractivity contribution in [2.24, 2.45) is 4.99 Å². The highest BCUT2D eigenvalue weighted by Crippen LogP contribution is 2.25. The molecule has 1 aliphatic heterocycles. The Morgan fingerprint density at radius 2 is 1.74 bits per heavy atom. The lowest BCUT2D eigenvalue weighted by atomic mass is 10.1. The zero-order valence-electron chi connectivity index (χ0n) is 18.6. The molecular weight excluding hydrogens is 446 g/mol. The molecule has 1 aromatic heterocycles. The molecule has 0 aliphatic carbocycles. The Hall–Kier alpha value is -4.04. The van der Waals surface area contributed by atoms with E-state index in [1.807, 2.05) is 48.5 Å². The van der Waals surface area contributed by atoms with Gasteiger partial charge in [-0.25, -0.2) is 14.9 Å². The molecule has 170 valence electrons. The minimum absolute atomic E-state index is 0.247. The molecule has 0 fully saturated rings. The molecule has 0 saturated heterocycles. The molecule has 34 heavy (non-hydrogen) atoms. The maximum absolute atomic E-state index is 12.9. The van der Waals surface area contributed by atoms with Crippen LogP contribution in [0.25, 0.3) is 10.2 Å². The van der Waals surface area contributed by atoms with Crippen molar-refractivity contribution < 1.29 is 9.59 Å². The Morgan fingerprint density at radius 1 is 1.00 bits per heavy atom. The Kier molecular flexibility index (Phi) is 6.05. The van der Waals surface area contributed by atoms with Gasteiger partial charge in [0.2, 0.25) is 5.96 Å². The maximum Gasteiger partial charge on any atom is 0.267 e. The lowest BCUT2D eigenvalue weighted by Gasteiger charge is -2.18. The SMILES string of the molecule is C[C@@H]1N=C(Nc2ccc(CCNc3nc4ccccc4s3)cc2)N(C(=O)c2ccccc2)C1=O. The van der Waals surface area contributed by atoms with E-state index in [2.05, 4.69) is 26.7 Å². The van der Waals surface area contributed by atoms with Gasteiger partial charge in [0.05, 0.1) is 10.2 Å². The second kappa shape index (κ2) is 9.44. The number of aromatic nitrogens is 1. The summed E-state index contributed by atoms with van der Waals surface area (Å²) in [6.45, 7) is 2.45. The van der Waals surface area contributed by atoms with Crippen LogP contribution in [0.1, 0.15) is 22.8 Å². The molecule has 5 rings (SSSR count). The zero-order valence-corrected chi connectivity index (χ0v) is 19.4. The summed E-state index contributed by atoms with van der Waals surface area (Å²) in [5.41, 5.74) is 3.37. The first-order valence-electron chi connectivity index (χ1n) is 11.0. The number of imide groups is 1. The van der Waals surface area contributed by atoms with E-state index in [1.54, 1.807) is 42.5 Å². The minimum atomic E-state index is -0.608. The lowest BCUT2D eigenvalue weighted by Crippen LogP contribution is -2.42. The van der Waals surface area contributed by atoms with Crippen molar-refractivity contribution in [1.82, 2.24) is 9.88 Å². The van der Waals surface area contributed by atoms with E-state index in [9.17, 15) is 9.59 Å². The van der Waals surface area contributed by atoms with Crippen molar-refractivity contribution in [1.29, 1.82) is 0 Å². The number of nitrogens with one attached hydrogen (secondary N) is 2. The standard InChI is InChI=1S/C26H23N5O2S/c1-17-23(32)31(24(33)19-7-3-2-4-8-19)25(28-17)29-20-13-11-18(12-14-20)15-16-27-26-30-21-9-5-6-10-22(21)34-26/h2-14,17H,15-16H2,1H3,(H,27,30)(H,28,29)/t17-/m0/s1. The first kappa shape index (κ1) is 21.8. The van der Waals surface area contributed by atoms with Gasteiger partial charge in [0.1, 0.15) is 6.04 Å². The fourth-order valence-electron chi connectivity index (χ4n) is 3.73. The Labute approximate surface area is 201 Å². The highest BCUT2D eigenvalue weighted by Gasteiger charge is 2.37. The molecule has 2 N–H and O–H groups in total. The normalized spacial score (nSPS) is 15.4. The third-order valence-electron chi connectivity index (χ3n) is 5.52. The van der Waals surface area contributed by atoms with Crippen LogP contribution in [0.3, 0.4) is 0 Å². The Bertz CT molecular complexity index is 1330. The van der Waals surface area contributed by atoms with E-state index in [4.69, 9.17) is 0 Å². The number of thiazole rings is 1. The van der Waals surface area contributed by atoms with Crippen LogP contribution in [0.2, 0.25) is 0 Å². The number of aliphatic imine (C=N–C) groups is 1. The van der Waals surface area contributed by atoms with E-state index >= 15 is 0 Å². The van der Waals surface area contributed by atoms with Crippen molar-refractivity contribution in [2.75, 3.05) is 17.2 Å². The largest absolute Gasteiger partial charge is 0.361 e. The summed E-state index contributed by atoms with van der Waals surface area (Å²) in [7, 11) is 0. The van der Waals surface area contributed by atoms with Crippen molar-refractivity contribution in [3.05, 3.63) is 90.0 Å². The Balaban J connectivity index is 1.21. The van der Waals surface area contributed by atoms with Gasteiger partial charge in [-0.1, -0.05) is 53.8 Å². The number of rotatable bonds is 6. The van der Waals surface area contributed by atoms with E-state index in [0.717, 1.165) is 39.8 Å². The molecule has 0 bridgehead atoms. The van der Waals surface area contributed by atoms with Gasteiger partial charge in [0, 0.05) is 17.8 Å². The first-order chi connectivity index (χ1) is 16.6. The molecule has 0 spiro atoms. The van der Waals surface area contributed by atoms with Crippen LogP contribution >= 0.6 is 11.3 Å². The van der Waals surface area contributed by atoms with Crippen LogP contribution in [0.5, 0.6) is 0 Å². The second-order valence-corrected chi connectivity index (χ2v) is 8.99. The van der Waals surface area contributed by atoms with Gasteiger partial charge in [-0.3, -0.25) is 9.59 Å². The predicted octanol–water partition coefficient (Wildman–Crippen LogP) is 4.79. The quantitative estimate of drug-likeness (QED) is 0.397. The summed E-state index contributed by atoms with van der Waals surface area (Å²) in [5.74, 6) is -0.482. The predicted molar refractivity (Wildman–Crippen MR) is 136 cm³/mol. The van der Waals surface area contributed by atoms with Crippen molar-refractivity contribution >= 4 is 50.1 Å². The van der Waals surface area contributed by atoms with E-state index in [-0.39, 0.29) is 11.9 Å². The summed E-state index contributed by atoms with van der Waals surface area (Å²) in [6, 6.07) is 24.1. The third kappa shape index (κ3) is 4.53. The smallest absolute Gasteiger partial charge is 0.267 e. The van der Waals surface area contributed by atoms with E-state index < -0.39 is 11.9 Å². The number of carbonyl (C=O) groups is 2. The average molecular weight is 470 g/mol. The van der Waals surface area contributed by atoms with Gasteiger partial charge in [0.15, 0.2) is 5.13 Å². The number of anilines is 2. The molecule has 1 atom stereocenters. The average Bonchev–Trinajstić information content (AvgIpc) is 3.40. The van der Waals surface area contributed by atoms with Gasteiger partial charge in [-0.15, -0.1) is 0 Å². The summed E-state index contributed by atoms with van der Waals surface area (Å²) < 4.78 is 1.17. The summed E-state index contributed by atoms with van der Waals surface area (Å²) in [4.78, 5) is 35.6. The molecule has 7 nitrogen and oxygen atoms in total.